The molecule has 4 rings (SSSR count). The summed E-state index contributed by atoms with van der Waals surface area (Å²) in [6.07, 6.45) is 1.41. The van der Waals surface area contributed by atoms with Crippen molar-refractivity contribution < 1.29 is 23.7 Å². The zero-order valence-electron chi connectivity index (χ0n) is 17.3. The van der Waals surface area contributed by atoms with Gasteiger partial charge in [-0.3, -0.25) is 29.4 Å². The van der Waals surface area contributed by atoms with Crippen molar-refractivity contribution >= 4 is 46.3 Å². The molecule has 0 unspecified atom stereocenters. The Morgan fingerprint density at radius 1 is 1.15 bits per heavy atom. The molecule has 3 aromatic rings. The van der Waals surface area contributed by atoms with Gasteiger partial charge in [-0.2, -0.15) is 0 Å². The van der Waals surface area contributed by atoms with Crippen LogP contribution in [0.15, 0.2) is 70.0 Å². The number of nitro benzene ring substituents is 1. The average Bonchev–Trinajstić information content (AvgIpc) is 3.35. The number of benzene rings is 2. The van der Waals surface area contributed by atoms with E-state index in [0.29, 0.717) is 40.1 Å². The average molecular weight is 463 g/mol. The van der Waals surface area contributed by atoms with E-state index in [1.807, 2.05) is 0 Å². The summed E-state index contributed by atoms with van der Waals surface area (Å²) in [5, 5.41) is 13.2. The standard InChI is InChI=1S/C23H17N3O6S/c1-14-7-8-15(11-18(14)26(30)31)19-10-9-17(32-19)12-20-22(28)25(23(29)33-20)13-21(27)24-16-5-3-2-4-6-16/h2-12H,13H2,1H3,(H,24,27)/b20-12-. The van der Waals surface area contributed by atoms with Crippen LogP contribution in [0.4, 0.5) is 16.2 Å². The number of anilines is 1. The number of hydrogen-bond acceptors (Lipinski definition) is 7. The van der Waals surface area contributed by atoms with Crippen LogP contribution in [0.3, 0.4) is 0 Å². The highest BCUT2D eigenvalue weighted by Crippen LogP contribution is 2.34. The first-order valence-corrected chi connectivity index (χ1v) is 10.6. The maximum Gasteiger partial charge on any atom is 0.294 e. The van der Waals surface area contributed by atoms with Crippen LogP contribution in [0.5, 0.6) is 0 Å². The van der Waals surface area contributed by atoms with Gasteiger partial charge < -0.3 is 9.73 Å². The first kappa shape index (κ1) is 22.0. The predicted molar refractivity (Wildman–Crippen MR) is 123 cm³/mol. The molecule has 0 saturated carbocycles. The van der Waals surface area contributed by atoms with E-state index in [-0.39, 0.29) is 10.6 Å². The number of carbonyl (C=O) groups excluding carboxylic acids is 3. The van der Waals surface area contributed by atoms with Crippen molar-refractivity contribution in [2.45, 2.75) is 6.92 Å². The van der Waals surface area contributed by atoms with Crippen LogP contribution in [-0.4, -0.2) is 33.4 Å². The summed E-state index contributed by atoms with van der Waals surface area (Å²) in [4.78, 5) is 48.9. The number of carbonyl (C=O) groups is 3. The smallest absolute Gasteiger partial charge is 0.294 e. The predicted octanol–water partition coefficient (Wildman–Crippen LogP) is 4.84. The quantitative estimate of drug-likeness (QED) is 0.315. The van der Waals surface area contributed by atoms with Gasteiger partial charge >= 0.3 is 0 Å². The molecule has 9 nitrogen and oxygen atoms in total. The zero-order valence-corrected chi connectivity index (χ0v) is 18.1. The number of nitro groups is 1. The second-order valence-corrected chi connectivity index (χ2v) is 8.14. The first-order valence-electron chi connectivity index (χ1n) is 9.77. The Morgan fingerprint density at radius 2 is 1.91 bits per heavy atom. The summed E-state index contributed by atoms with van der Waals surface area (Å²) in [5.74, 6) is -0.415. The van der Waals surface area contributed by atoms with Gasteiger partial charge in [-0.25, -0.2) is 0 Å². The molecule has 3 amide bonds. The topological polar surface area (TPSA) is 123 Å². The Morgan fingerprint density at radius 3 is 2.64 bits per heavy atom. The summed E-state index contributed by atoms with van der Waals surface area (Å²) in [6, 6.07) is 16.7. The van der Waals surface area contributed by atoms with E-state index in [2.05, 4.69) is 5.32 Å². The lowest BCUT2D eigenvalue weighted by Gasteiger charge is -2.12. The van der Waals surface area contributed by atoms with E-state index in [1.165, 1.54) is 12.1 Å². The highest BCUT2D eigenvalue weighted by Gasteiger charge is 2.36. The minimum Gasteiger partial charge on any atom is -0.457 e. The number of amides is 3. The van der Waals surface area contributed by atoms with E-state index in [1.54, 1.807) is 61.5 Å². The molecule has 0 aliphatic carbocycles. The third-order valence-corrected chi connectivity index (χ3v) is 5.73. The van der Waals surface area contributed by atoms with Crippen molar-refractivity contribution in [3.8, 4) is 11.3 Å². The largest absolute Gasteiger partial charge is 0.457 e. The van der Waals surface area contributed by atoms with Gasteiger partial charge in [0, 0.05) is 29.0 Å². The van der Waals surface area contributed by atoms with Crippen molar-refractivity contribution in [2.75, 3.05) is 11.9 Å². The van der Waals surface area contributed by atoms with E-state index < -0.39 is 28.5 Å². The Hall–Kier alpha value is -4.18. The molecular formula is C23H17N3O6S. The molecule has 0 radical (unpaired) electrons. The lowest BCUT2D eigenvalue weighted by molar-refractivity contribution is -0.385. The molecule has 2 heterocycles. The Bertz CT molecular complexity index is 1300. The molecule has 1 aromatic heterocycles. The maximum absolute atomic E-state index is 12.7. The normalized spacial score (nSPS) is 14.7. The van der Waals surface area contributed by atoms with Crippen LogP contribution < -0.4 is 5.32 Å². The van der Waals surface area contributed by atoms with Crippen LogP contribution in [0.25, 0.3) is 17.4 Å². The minimum atomic E-state index is -0.600. The van der Waals surface area contributed by atoms with Crippen LogP contribution in [0.1, 0.15) is 11.3 Å². The van der Waals surface area contributed by atoms with Gasteiger partial charge in [0.15, 0.2) is 0 Å². The molecule has 10 heteroatoms. The number of para-hydroxylation sites is 1. The number of imide groups is 1. The Balaban J connectivity index is 1.48. The fourth-order valence-corrected chi connectivity index (χ4v) is 3.99. The Kier molecular flexibility index (Phi) is 6.09. The van der Waals surface area contributed by atoms with Crippen molar-refractivity contribution in [3.63, 3.8) is 0 Å². The highest BCUT2D eigenvalue weighted by molar-refractivity contribution is 8.18. The third kappa shape index (κ3) is 4.85. The number of rotatable bonds is 6. The number of aryl methyl sites for hydroxylation is 1. The van der Waals surface area contributed by atoms with E-state index >= 15 is 0 Å². The molecule has 166 valence electrons. The maximum atomic E-state index is 12.7. The number of furan rings is 1. The third-order valence-electron chi connectivity index (χ3n) is 4.82. The number of hydrogen-bond donors (Lipinski definition) is 1. The molecule has 33 heavy (non-hydrogen) atoms. The van der Waals surface area contributed by atoms with E-state index in [9.17, 15) is 24.5 Å². The highest BCUT2D eigenvalue weighted by atomic mass is 32.2. The molecule has 1 aliphatic heterocycles. The van der Waals surface area contributed by atoms with Crippen molar-refractivity contribution in [2.24, 2.45) is 0 Å². The van der Waals surface area contributed by atoms with Gasteiger partial charge in [0.1, 0.15) is 18.1 Å². The molecular weight excluding hydrogens is 446 g/mol. The fourth-order valence-electron chi connectivity index (χ4n) is 3.18. The van der Waals surface area contributed by atoms with Gasteiger partial charge in [0.25, 0.3) is 16.8 Å². The van der Waals surface area contributed by atoms with E-state index in [4.69, 9.17) is 4.42 Å². The first-order chi connectivity index (χ1) is 15.8. The fraction of sp³-hybridized carbons (Fsp3) is 0.0870. The van der Waals surface area contributed by atoms with Gasteiger partial charge in [-0.1, -0.05) is 30.3 Å². The van der Waals surface area contributed by atoms with Crippen LogP contribution in [-0.2, 0) is 9.59 Å². The molecule has 0 atom stereocenters. The lowest BCUT2D eigenvalue weighted by Crippen LogP contribution is -2.36. The van der Waals surface area contributed by atoms with Gasteiger partial charge in [0.05, 0.1) is 9.83 Å². The minimum absolute atomic E-state index is 0.0275. The molecule has 2 aromatic carbocycles. The van der Waals surface area contributed by atoms with Crippen LogP contribution in [0.2, 0.25) is 0 Å². The SMILES string of the molecule is Cc1ccc(-c2ccc(/C=C3\SC(=O)N(CC(=O)Nc4ccccc4)C3=O)o2)cc1[N+](=O)[O-]. The van der Waals surface area contributed by atoms with Crippen molar-refractivity contribution in [1.82, 2.24) is 4.90 Å². The zero-order chi connectivity index (χ0) is 23.5. The summed E-state index contributed by atoms with van der Waals surface area (Å²) in [5.41, 5.74) is 1.57. The Labute approximate surface area is 192 Å². The van der Waals surface area contributed by atoms with Gasteiger partial charge in [-0.15, -0.1) is 0 Å². The molecule has 1 N–H and O–H groups in total. The molecule has 0 bridgehead atoms. The molecule has 1 aliphatic rings. The number of thioether (sulfide) groups is 1. The summed E-state index contributed by atoms with van der Waals surface area (Å²) < 4.78 is 5.71. The molecule has 1 saturated heterocycles. The van der Waals surface area contributed by atoms with Gasteiger partial charge in [-0.05, 0) is 43.0 Å². The summed E-state index contributed by atoms with van der Waals surface area (Å²) in [7, 11) is 0. The summed E-state index contributed by atoms with van der Waals surface area (Å²) >= 11 is 0.708. The lowest BCUT2D eigenvalue weighted by atomic mass is 10.1. The number of nitrogens with zero attached hydrogens (tertiary/aromatic N) is 2. The monoisotopic (exact) mass is 463 g/mol. The van der Waals surface area contributed by atoms with Gasteiger partial charge in [0.2, 0.25) is 5.91 Å². The summed E-state index contributed by atoms with van der Waals surface area (Å²) in [6.45, 7) is 1.24. The van der Waals surface area contributed by atoms with Crippen molar-refractivity contribution in [1.29, 1.82) is 0 Å². The van der Waals surface area contributed by atoms with Crippen molar-refractivity contribution in [3.05, 3.63) is 87.0 Å². The molecule has 1 fully saturated rings. The van der Waals surface area contributed by atoms with Crippen LogP contribution >= 0.6 is 11.8 Å². The number of nitrogens with one attached hydrogen (secondary N) is 1. The second kappa shape index (κ2) is 9.13. The van der Waals surface area contributed by atoms with Crippen LogP contribution in [0, 0.1) is 17.0 Å². The second-order valence-electron chi connectivity index (χ2n) is 7.14. The molecule has 0 spiro atoms. The van der Waals surface area contributed by atoms with E-state index in [0.717, 1.165) is 4.90 Å².